The average molecular weight is 424 g/mol. The number of hydrogen-bond acceptors (Lipinski definition) is 5. The lowest BCUT2D eigenvalue weighted by molar-refractivity contribution is 0.491. The highest BCUT2D eigenvalue weighted by atomic mass is 35.5. The predicted molar refractivity (Wildman–Crippen MR) is 109 cm³/mol. The van der Waals surface area contributed by atoms with Crippen LogP contribution in [0.15, 0.2) is 58.7 Å². The monoisotopic (exact) mass is 423 g/mol. The van der Waals surface area contributed by atoms with Crippen molar-refractivity contribution in [2.24, 2.45) is 0 Å². The molecule has 0 atom stereocenters. The maximum absolute atomic E-state index is 12.6. The molecule has 0 unspecified atom stereocenters. The van der Waals surface area contributed by atoms with E-state index in [0.717, 1.165) is 5.56 Å². The van der Waals surface area contributed by atoms with Crippen LogP contribution in [0.1, 0.15) is 31.9 Å². The highest BCUT2D eigenvalue weighted by Crippen LogP contribution is 2.13. The van der Waals surface area contributed by atoms with Crippen LogP contribution in [-0.2, 0) is 16.4 Å². The Morgan fingerprint density at radius 2 is 1.93 bits per heavy atom. The molecule has 0 saturated carbocycles. The van der Waals surface area contributed by atoms with E-state index < -0.39 is 15.6 Å². The Morgan fingerprint density at radius 3 is 2.50 bits per heavy atom. The molecule has 0 fully saturated rings. The van der Waals surface area contributed by atoms with Gasteiger partial charge in [-0.05, 0) is 44.5 Å². The standard InChI is InChI=1S/C18H21N5O3S.ClH/c1-18(2,3)22-27(25,26)15-6-7-16(20-12-15)23-17(24)14(11-21-23)9-13-5-4-8-19-10-13;/h4-8,10-12,21-22H,9H2,1-3H3;1H. The fourth-order valence-corrected chi connectivity index (χ4v) is 3.91. The third-order valence-corrected chi connectivity index (χ3v) is 5.41. The zero-order valence-corrected chi connectivity index (χ0v) is 17.3. The molecule has 3 aromatic rings. The van der Waals surface area contributed by atoms with Gasteiger partial charge in [-0.25, -0.2) is 22.8 Å². The number of hydrogen-bond donors (Lipinski definition) is 2. The van der Waals surface area contributed by atoms with Crippen LogP contribution in [0.3, 0.4) is 0 Å². The van der Waals surface area contributed by atoms with E-state index >= 15 is 0 Å². The first-order chi connectivity index (χ1) is 12.7. The largest absolute Gasteiger partial charge is 0.296 e. The number of aromatic nitrogens is 4. The van der Waals surface area contributed by atoms with E-state index in [0.29, 0.717) is 17.8 Å². The molecule has 0 aliphatic carbocycles. The molecular weight excluding hydrogens is 402 g/mol. The van der Waals surface area contributed by atoms with Crippen LogP contribution < -0.4 is 10.3 Å². The topological polar surface area (TPSA) is 110 Å². The Hall–Kier alpha value is -2.49. The number of pyridine rings is 2. The van der Waals surface area contributed by atoms with Crippen molar-refractivity contribution < 1.29 is 8.42 Å². The van der Waals surface area contributed by atoms with Crippen LogP contribution in [0.25, 0.3) is 5.82 Å². The summed E-state index contributed by atoms with van der Waals surface area (Å²) < 4.78 is 28.5. The van der Waals surface area contributed by atoms with Gasteiger partial charge >= 0.3 is 0 Å². The number of H-pyrrole nitrogens is 1. The van der Waals surface area contributed by atoms with Gasteiger partial charge in [0.25, 0.3) is 5.56 Å². The van der Waals surface area contributed by atoms with Gasteiger partial charge in [0, 0.05) is 42.3 Å². The zero-order valence-electron chi connectivity index (χ0n) is 15.7. The predicted octanol–water partition coefficient (Wildman–Crippen LogP) is 2.05. The van der Waals surface area contributed by atoms with Crippen molar-refractivity contribution in [2.45, 2.75) is 37.6 Å². The first-order valence-corrected chi connectivity index (χ1v) is 9.83. The summed E-state index contributed by atoms with van der Waals surface area (Å²) in [4.78, 5) is 20.8. The van der Waals surface area contributed by atoms with Gasteiger partial charge < -0.3 is 0 Å². The Morgan fingerprint density at radius 1 is 1.18 bits per heavy atom. The van der Waals surface area contributed by atoms with Crippen molar-refractivity contribution in [1.29, 1.82) is 0 Å². The SMILES string of the molecule is CC(C)(C)NS(=O)(=O)c1ccc(-n2[nH]cc(Cc3cccnc3)c2=O)nc1.Cl. The van der Waals surface area contributed by atoms with Gasteiger partial charge in [-0.1, -0.05) is 6.07 Å². The van der Waals surface area contributed by atoms with Gasteiger partial charge in [-0.15, -0.1) is 12.4 Å². The van der Waals surface area contributed by atoms with E-state index in [-0.39, 0.29) is 22.9 Å². The van der Waals surface area contributed by atoms with Crippen molar-refractivity contribution in [1.82, 2.24) is 24.5 Å². The molecule has 10 heteroatoms. The highest BCUT2D eigenvalue weighted by Gasteiger charge is 2.22. The summed E-state index contributed by atoms with van der Waals surface area (Å²) in [5.41, 5.74) is 0.642. The summed E-state index contributed by atoms with van der Waals surface area (Å²) in [7, 11) is -3.68. The summed E-state index contributed by atoms with van der Waals surface area (Å²) in [6.45, 7) is 5.28. The van der Waals surface area contributed by atoms with Crippen LogP contribution in [0.2, 0.25) is 0 Å². The van der Waals surface area contributed by atoms with Gasteiger partial charge in [0.2, 0.25) is 10.0 Å². The molecule has 3 heterocycles. The third kappa shape index (κ3) is 5.06. The molecule has 0 aliphatic heterocycles. The average Bonchev–Trinajstić information content (AvgIpc) is 2.95. The fourth-order valence-electron chi connectivity index (χ4n) is 2.55. The van der Waals surface area contributed by atoms with Crippen LogP contribution in [0.4, 0.5) is 0 Å². The Balaban J connectivity index is 0.00000280. The summed E-state index contributed by atoms with van der Waals surface area (Å²) in [6.07, 6.45) is 6.67. The van der Waals surface area contributed by atoms with E-state index in [9.17, 15) is 13.2 Å². The Kier molecular flexibility index (Phi) is 6.43. The van der Waals surface area contributed by atoms with Crippen molar-refractivity contribution >= 4 is 22.4 Å². The molecule has 0 spiro atoms. The zero-order chi connectivity index (χ0) is 19.7. The van der Waals surface area contributed by atoms with Crippen LogP contribution >= 0.6 is 12.4 Å². The summed E-state index contributed by atoms with van der Waals surface area (Å²) in [6, 6.07) is 6.62. The lowest BCUT2D eigenvalue weighted by Gasteiger charge is -2.20. The maximum atomic E-state index is 12.6. The lowest BCUT2D eigenvalue weighted by Crippen LogP contribution is -2.40. The number of aromatic amines is 1. The second-order valence-corrected chi connectivity index (χ2v) is 8.87. The van der Waals surface area contributed by atoms with Crippen molar-refractivity contribution in [2.75, 3.05) is 0 Å². The van der Waals surface area contributed by atoms with Crippen molar-refractivity contribution in [3.05, 3.63) is 70.5 Å². The van der Waals surface area contributed by atoms with Crippen LogP contribution in [0, 0.1) is 0 Å². The van der Waals surface area contributed by atoms with E-state index in [1.165, 1.54) is 23.0 Å². The van der Waals surface area contributed by atoms with Crippen LogP contribution in [0.5, 0.6) is 0 Å². The van der Waals surface area contributed by atoms with E-state index in [1.807, 2.05) is 12.1 Å². The molecule has 0 aromatic carbocycles. The smallest absolute Gasteiger partial charge is 0.276 e. The molecule has 0 aliphatic rings. The minimum atomic E-state index is -3.68. The number of nitrogens with one attached hydrogen (secondary N) is 2. The fraction of sp³-hybridized carbons (Fsp3) is 0.278. The normalized spacial score (nSPS) is 11.8. The summed E-state index contributed by atoms with van der Waals surface area (Å²) in [5, 5.41) is 2.86. The van der Waals surface area contributed by atoms with Gasteiger partial charge in [-0.3, -0.25) is 14.9 Å². The van der Waals surface area contributed by atoms with Gasteiger partial charge in [0.05, 0.1) is 0 Å². The quantitative estimate of drug-likeness (QED) is 0.652. The molecule has 150 valence electrons. The van der Waals surface area contributed by atoms with E-state index in [2.05, 4.69) is 19.8 Å². The molecule has 2 N–H and O–H groups in total. The van der Waals surface area contributed by atoms with Crippen molar-refractivity contribution in [3.63, 3.8) is 0 Å². The molecule has 28 heavy (non-hydrogen) atoms. The molecule has 3 aromatic heterocycles. The summed E-state index contributed by atoms with van der Waals surface area (Å²) in [5.74, 6) is 0.312. The van der Waals surface area contributed by atoms with Gasteiger partial charge in [-0.2, -0.15) is 0 Å². The maximum Gasteiger partial charge on any atom is 0.276 e. The third-order valence-electron chi connectivity index (χ3n) is 3.66. The second-order valence-electron chi connectivity index (χ2n) is 7.18. The molecule has 3 rings (SSSR count). The molecule has 0 amide bonds. The molecule has 0 radical (unpaired) electrons. The lowest BCUT2D eigenvalue weighted by atomic mass is 10.1. The summed E-state index contributed by atoms with van der Waals surface area (Å²) >= 11 is 0. The molecule has 0 bridgehead atoms. The Labute approximate surface area is 169 Å². The van der Waals surface area contributed by atoms with Crippen molar-refractivity contribution in [3.8, 4) is 5.82 Å². The van der Waals surface area contributed by atoms with Gasteiger partial charge in [0.1, 0.15) is 4.90 Å². The Bertz CT molecular complexity index is 1080. The first kappa shape index (κ1) is 21.8. The minimum absolute atomic E-state index is 0. The number of halogens is 1. The first-order valence-electron chi connectivity index (χ1n) is 8.34. The molecular formula is C18H22ClN5O3S. The van der Waals surface area contributed by atoms with Crippen LogP contribution in [-0.4, -0.2) is 33.7 Å². The number of nitrogens with zero attached hydrogens (tertiary/aromatic N) is 3. The number of rotatable bonds is 5. The van der Waals surface area contributed by atoms with E-state index in [1.54, 1.807) is 39.4 Å². The highest BCUT2D eigenvalue weighted by molar-refractivity contribution is 7.89. The van der Waals surface area contributed by atoms with E-state index in [4.69, 9.17) is 0 Å². The second kappa shape index (κ2) is 8.26. The number of sulfonamides is 1. The minimum Gasteiger partial charge on any atom is -0.296 e. The van der Waals surface area contributed by atoms with Gasteiger partial charge in [0.15, 0.2) is 5.82 Å². The molecule has 8 nitrogen and oxygen atoms in total. The molecule has 0 saturated heterocycles.